The van der Waals surface area contributed by atoms with Crippen molar-refractivity contribution in [1.82, 2.24) is 15.0 Å². The molecular formula is C57H39N3. The summed E-state index contributed by atoms with van der Waals surface area (Å²) in [6, 6.07) is 82.9. The fraction of sp³-hybridized carbons (Fsp3) is 0. The molecular weight excluding hydrogens is 727 g/mol. The zero-order valence-corrected chi connectivity index (χ0v) is 32.9. The molecule has 3 heteroatoms. The summed E-state index contributed by atoms with van der Waals surface area (Å²) in [4.78, 5) is 15.8. The van der Waals surface area contributed by atoms with E-state index in [4.69, 9.17) is 15.0 Å². The molecule has 0 aliphatic carbocycles. The van der Waals surface area contributed by atoms with Crippen molar-refractivity contribution in [2.75, 3.05) is 0 Å². The van der Waals surface area contributed by atoms with Gasteiger partial charge in [-0.15, -0.1) is 0 Å². The van der Waals surface area contributed by atoms with Crippen molar-refractivity contribution in [1.29, 1.82) is 0 Å². The Balaban J connectivity index is 1.30. The van der Waals surface area contributed by atoms with Gasteiger partial charge >= 0.3 is 0 Å². The van der Waals surface area contributed by atoms with Gasteiger partial charge in [-0.25, -0.2) is 15.0 Å². The van der Waals surface area contributed by atoms with E-state index in [-0.39, 0.29) is 0 Å². The van der Waals surface area contributed by atoms with Crippen LogP contribution in [0.5, 0.6) is 0 Å². The molecule has 10 aromatic rings. The third-order valence-corrected chi connectivity index (χ3v) is 10.9. The molecule has 7 aromatic carbocycles. The second kappa shape index (κ2) is 16.5. The number of hydrogen-bond donors (Lipinski definition) is 0. The number of nitrogens with zero attached hydrogens (tertiary/aromatic N) is 3. The predicted molar refractivity (Wildman–Crippen MR) is 249 cm³/mol. The maximum atomic E-state index is 5.30. The monoisotopic (exact) mass is 765 g/mol. The average molecular weight is 766 g/mol. The van der Waals surface area contributed by atoms with E-state index in [1.807, 2.05) is 24.3 Å². The minimum atomic E-state index is 0.905. The number of benzene rings is 7. The molecule has 0 amide bonds. The van der Waals surface area contributed by atoms with Gasteiger partial charge in [-0.2, -0.15) is 0 Å². The Morgan fingerprint density at radius 3 is 0.633 bits per heavy atom. The smallest absolute Gasteiger partial charge is 0.0715 e. The summed E-state index contributed by atoms with van der Waals surface area (Å²) in [6.07, 6.45) is 0. The van der Waals surface area contributed by atoms with Crippen molar-refractivity contribution in [2.24, 2.45) is 0 Å². The van der Waals surface area contributed by atoms with Crippen LogP contribution in [0.4, 0.5) is 0 Å². The SMILES string of the molecule is c1ccc(-c2cc(-c3cccc(-c4cc(-c5ccccc5)nc(-c5ccccc5)c4)c3-c3cc(-c4ccccc4)nc(-c4ccccc4)c3)cc(-c3ccccc3)n2)cc1. The number of hydrogen-bond acceptors (Lipinski definition) is 3. The van der Waals surface area contributed by atoms with Gasteiger partial charge in [0.1, 0.15) is 0 Å². The van der Waals surface area contributed by atoms with E-state index in [0.29, 0.717) is 0 Å². The molecule has 3 heterocycles. The van der Waals surface area contributed by atoms with Crippen LogP contribution < -0.4 is 0 Å². The zero-order valence-electron chi connectivity index (χ0n) is 32.9. The van der Waals surface area contributed by atoms with E-state index in [9.17, 15) is 0 Å². The van der Waals surface area contributed by atoms with Gasteiger partial charge in [-0.3, -0.25) is 0 Å². The molecule has 0 aliphatic rings. The molecule has 0 saturated heterocycles. The van der Waals surface area contributed by atoms with Crippen LogP contribution in [0.15, 0.2) is 237 Å². The Morgan fingerprint density at radius 1 is 0.183 bits per heavy atom. The van der Waals surface area contributed by atoms with Crippen LogP contribution in [0.1, 0.15) is 0 Å². The molecule has 3 nitrogen and oxygen atoms in total. The van der Waals surface area contributed by atoms with Crippen LogP contribution in [0, 0.1) is 0 Å². The lowest BCUT2D eigenvalue weighted by molar-refractivity contribution is 1.31. The van der Waals surface area contributed by atoms with E-state index >= 15 is 0 Å². The van der Waals surface area contributed by atoms with Crippen LogP contribution >= 0.6 is 0 Å². The lowest BCUT2D eigenvalue weighted by Gasteiger charge is -2.20. The lowest BCUT2D eigenvalue weighted by Crippen LogP contribution is -1.97. The fourth-order valence-corrected chi connectivity index (χ4v) is 7.93. The number of rotatable bonds is 9. The summed E-state index contributed by atoms with van der Waals surface area (Å²) in [6.45, 7) is 0. The summed E-state index contributed by atoms with van der Waals surface area (Å²) in [7, 11) is 0. The Bertz CT molecular complexity index is 2720. The maximum Gasteiger partial charge on any atom is 0.0715 e. The molecule has 10 rings (SSSR count). The molecule has 282 valence electrons. The fourth-order valence-electron chi connectivity index (χ4n) is 7.93. The number of pyridine rings is 3. The van der Waals surface area contributed by atoms with Gasteiger partial charge in [0.05, 0.1) is 34.2 Å². The Labute approximate surface area is 351 Å². The van der Waals surface area contributed by atoms with Crippen LogP contribution in [-0.4, -0.2) is 15.0 Å². The highest BCUT2D eigenvalue weighted by molar-refractivity contribution is 5.98. The van der Waals surface area contributed by atoms with Crippen molar-refractivity contribution < 1.29 is 0 Å². The Kier molecular flexibility index (Phi) is 9.97. The van der Waals surface area contributed by atoms with Gasteiger partial charge in [0, 0.05) is 33.4 Å². The van der Waals surface area contributed by atoms with E-state index in [0.717, 1.165) is 101 Å². The first kappa shape index (κ1) is 36.3. The van der Waals surface area contributed by atoms with E-state index in [1.54, 1.807) is 0 Å². The lowest BCUT2D eigenvalue weighted by atomic mass is 9.85. The van der Waals surface area contributed by atoms with E-state index in [2.05, 4.69) is 212 Å². The van der Waals surface area contributed by atoms with Gasteiger partial charge in [-0.05, 0) is 69.8 Å². The summed E-state index contributed by atoms with van der Waals surface area (Å²) in [5, 5.41) is 0. The summed E-state index contributed by atoms with van der Waals surface area (Å²) < 4.78 is 0. The second-order valence-corrected chi connectivity index (χ2v) is 14.8. The molecule has 0 N–H and O–H groups in total. The van der Waals surface area contributed by atoms with Crippen LogP contribution in [0.2, 0.25) is 0 Å². The largest absolute Gasteiger partial charge is 0.248 e. The van der Waals surface area contributed by atoms with E-state index in [1.165, 1.54) is 0 Å². The van der Waals surface area contributed by atoms with Gasteiger partial charge in [-0.1, -0.05) is 200 Å². The third-order valence-electron chi connectivity index (χ3n) is 10.9. The summed E-state index contributed by atoms with van der Waals surface area (Å²) in [5.74, 6) is 0. The summed E-state index contributed by atoms with van der Waals surface area (Å²) in [5.41, 5.74) is 18.3. The van der Waals surface area contributed by atoms with Crippen molar-refractivity contribution in [2.45, 2.75) is 0 Å². The quantitative estimate of drug-likeness (QED) is 0.147. The molecule has 3 aromatic heterocycles. The van der Waals surface area contributed by atoms with Crippen LogP contribution in [-0.2, 0) is 0 Å². The highest BCUT2D eigenvalue weighted by atomic mass is 14.7. The molecule has 0 fully saturated rings. The standard InChI is InChI=1S/C57H39N3/c1-7-20-40(21-8-1)51-34-46(35-52(58-51)41-22-9-2-10-23-41)49-32-19-33-50(47-36-53(42-24-11-3-12-25-42)59-54(37-47)43-26-13-4-14-27-43)57(49)48-38-55(44-28-15-5-16-29-44)60-56(39-48)45-30-17-6-18-31-45/h1-39H. The van der Waals surface area contributed by atoms with Crippen LogP contribution in [0.25, 0.3) is 101 Å². The number of aromatic nitrogens is 3. The average Bonchev–Trinajstić information content (AvgIpc) is 3.35. The van der Waals surface area contributed by atoms with Crippen molar-refractivity contribution in [3.63, 3.8) is 0 Å². The first-order chi connectivity index (χ1) is 29.7. The van der Waals surface area contributed by atoms with Crippen LogP contribution in [0.3, 0.4) is 0 Å². The van der Waals surface area contributed by atoms with Crippen molar-refractivity contribution in [3.8, 4) is 101 Å². The maximum absolute atomic E-state index is 5.30. The minimum absolute atomic E-state index is 0.905. The van der Waals surface area contributed by atoms with E-state index < -0.39 is 0 Å². The van der Waals surface area contributed by atoms with Gasteiger partial charge in [0.15, 0.2) is 0 Å². The molecule has 0 atom stereocenters. The van der Waals surface area contributed by atoms with Crippen molar-refractivity contribution in [3.05, 3.63) is 237 Å². The molecule has 0 unspecified atom stereocenters. The zero-order chi connectivity index (χ0) is 40.1. The van der Waals surface area contributed by atoms with Gasteiger partial charge in [0.25, 0.3) is 0 Å². The predicted octanol–water partition coefficient (Wildman–Crippen LogP) is 14.9. The highest BCUT2D eigenvalue weighted by Gasteiger charge is 2.20. The Hall–Kier alpha value is -8.01. The summed E-state index contributed by atoms with van der Waals surface area (Å²) >= 11 is 0. The molecule has 60 heavy (non-hydrogen) atoms. The first-order valence-corrected chi connectivity index (χ1v) is 20.3. The topological polar surface area (TPSA) is 38.7 Å². The molecule has 0 saturated carbocycles. The van der Waals surface area contributed by atoms with Crippen molar-refractivity contribution >= 4 is 0 Å². The first-order valence-electron chi connectivity index (χ1n) is 20.3. The minimum Gasteiger partial charge on any atom is -0.248 e. The Morgan fingerprint density at radius 2 is 0.400 bits per heavy atom. The highest BCUT2D eigenvalue weighted by Crippen LogP contribution is 2.45. The molecule has 0 bridgehead atoms. The van der Waals surface area contributed by atoms with Gasteiger partial charge < -0.3 is 0 Å². The van der Waals surface area contributed by atoms with Gasteiger partial charge in [0.2, 0.25) is 0 Å². The molecule has 0 radical (unpaired) electrons. The molecule has 0 spiro atoms. The normalized spacial score (nSPS) is 11.0. The third kappa shape index (κ3) is 7.56. The molecule has 0 aliphatic heterocycles. The second-order valence-electron chi connectivity index (χ2n) is 14.8.